The SMILES string of the molecule is O=P(O)(O)O.P.[CaH2].[NaH].[NaH].[NaH]. The standard InChI is InChI=1S/Ca.3Na.H3O4P.H3P.5H/c;;;;1-5(2,3)4;;;;;;/h;;;;(H3,1,2,3,4);1H3;;;;;. The minimum atomic E-state index is -4.64. The van der Waals surface area contributed by atoms with Gasteiger partial charge in [-0.3, -0.25) is 0 Å². The van der Waals surface area contributed by atoms with E-state index < -0.39 is 7.82 Å². The molecule has 0 aromatic carbocycles. The Hall–Kier alpha value is 4.80. The summed E-state index contributed by atoms with van der Waals surface area (Å²) in [6.45, 7) is 0. The molecule has 0 amide bonds. The predicted molar refractivity (Wildman–Crippen MR) is 55.4 cm³/mol. The van der Waals surface area contributed by atoms with E-state index in [9.17, 15) is 0 Å². The summed E-state index contributed by atoms with van der Waals surface area (Å²) in [4.78, 5) is 21.6. The molecule has 0 heterocycles. The van der Waals surface area contributed by atoms with Crippen LogP contribution >= 0.6 is 17.7 Å². The zero-order chi connectivity index (χ0) is 4.50. The van der Waals surface area contributed by atoms with Crippen molar-refractivity contribution in [3.05, 3.63) is 0 Å². The normalized spacial score (nSPS) is 5.90. The van der Waals surface area contributed by atoms with Gasteiger partial charge in [-0.1, -0.05) is 0 Å². The molecule has 4 nitrogen and oxygen atoms in total. The van der Waals surface area contributed by atoms with E-state index in [-0.39, 0.29) is 136 Å². The van der Waals surface area contributed by atoms with E-state index >= 15 is 0 Å². The van der Waals surface area contributed by atoms with Crippen LogP contribution in [0.25, 0.3) is 0 Å². The first kappa shape index (κ1) is 36.4. The molecule has 0 rings (SSSR count). The molecule has 0 radical (unpaired) electrons. The molecule has 0 saturated heterocycles. The van der Waals surface area contributed by atoms with E-state index in [0.717, 1.165) is 0 Å². The van der Waals surface area contributed by atoms with Crippen molar-refractivity contribution in [2.45, 2.75) is 0 Å². The topological polar surface area (TPSA) is 77.8 Å². The van der Waals surface area contributed by atoms with E-state index in [1.165, 1.54) is 0 Å². The van der Waals surface area contributed by atoms with E-state index in [1.807, 2.05) is 0 Å². The van der Waals surface area contributed by atoms with Crippen molar-refractivity contribution in [3.8, 4) is 0 Å². The molecule has 10 heteroatoms. The molecule has 0 aliphatic heterocycles. The predicted octanol–water partition coefficient (Wildman–Crippen LogP) is -3.73. The third-order valence-corrected chi connectivity index (χ3v) is 0. The molecule has 0 aliphatic carbocycles. The van der Waals surface area contributed by atoms with Gasteiger partial charge in [0.2, 0.25) is 0 Å². The van der Waals surface area contributed by atoms with Crippen LogP contribution in [-0.2, 0) is 4.57 Å². The van der Waals surface area contributed by atoms with Crippen molar-refractivity contribution < 1.29 is 19.2 Å². The van der Waals surface area contributed by atoms with Crippen LogP contribution in [-0.4, -0.2) is 141 Å². The van der Waals surface area contributed by atoms with E-state index in [0.29, 0.717) is 0 Å². The fourth-order valence-corrected chi connectivity index (χ4v) is 0. The average Bonchev–Trinajstić information content (AvgIpc) is 0.722. The summed E-state index contributed by atoms with van der Waals surface area (Å²) in [5.74, 6) is 0. The van der Waals surface area contributed by atoms with Crippen molar-refractivity contribution in [2.24, 2.45) is 0 Å². The maximum atomic E-state index is 8.88. The Kier molecular flexibility index (Phi) is 70.6. The van der Waals surface area contributed by atoms with Gasteiger partial charge in [-0.15, -0.1) is 0 Å². The Labute approximate surface area is 159 Å². The van der Waals surface area contributed by atoms with Crippen molar-refractivity contribution in [2.75, 3.05) is 0 Å². The van der Waals surface area contributed by atoms with E-state index in [4.69, 9.17) is 19.2 Å². The molecule has 0 fully saturated rings. The molecule has 0 aromatic rings. The van der Waals surface area contributed by atoms with Crippen LogP contribution < -0.4 is 0 Å². The van der Waals surface area contributed by atoms with Crippen LogP contribution in [0.1, 0.15) is 0 Å². The Morgan fingerprint density at radius 2 is 0.900 bits per heavy atom. The Balaban J connectivity index is -0.00000000800. The number of rotatable bonds is 0. The van der Waals surface area contributed by atoms with E-state index in [2.05, 4.69) is 0 Å². The second-order valence-corrected chi connectivity index (χ2v) is 1.54. The molecule has 1 unspecified atom stereocenters. The minimum absolute atomic E-state index is 0. The van der Waals surface area contributed by atoms with Crippen LogP contribution in [0.3, 0.4) is 0 Å². The molecular weight excluding hydrogens is 235 g/mol. The molecule has 0 spiro atoms. The molecule has 0 bridgehead atoms. The van der Waals surface area contributed by atoms with Crippen LogP contribution in [0.5, 0.6) is 0 Å². The zero-order valence-electron chi connectivity index (χ0n) is 2.90. The average molecular weight is 246 g/mol. The van der Waals surface area contributed by atoms with Gasteiger partial charge in [-0.05, 0) is 0 Å². The van der Waals surface area contributed by atoms with Gasteiger partial charge >= 0.3 is 134 Å². The third-order valence-electron chi connectivity index (χ3n) is 0. The summed E-state index contributed by atoms with van der Waals surface area (Å²) in [5.41, 5.74) is 0. The molecule has 0 aromatic heterocycles. The first-order valence-electron chi connectivity index (χ1n) is 0.783. The fourth-order valence-electron chi connectivity index (χ4n) is 0. The van der Waals surface area contributed by atoms with Crippen molar-refractivity contribution in [1.82, 2.24) is 0 Å². The molecule has 50 valence electrons. The summed E-state index contributed by atoms with van der Waals surface area (Å²) in [7, 11) is -4.64. The summed E-state index contributed by atoms with van der Waals surface area (Å²) in [6.07, 6.45) is 0. The van der Waals surface area contributed by atoms with Crippen molar-refractivity contribution in [3.63, 3.8) is 0 Å². The van der Waals surface area contributed by atoms with Gasteiger partial charge in [-0.25, -0.2) is 4.57 Å². The molecule has 1 atom stereocenters. The van der Waals surface area contributed by atoms with Gasteiger partial charge in [0.15, 0.2) is 0 Å². The van der Waals surface area contributed by atoms with Crippen LogP contribution in [0, 0.1) is 0 Å². The molecule has 10 heavy (non-hydrogen) atoms. The van der Waals surface area contributed by atoms with E-state index in [1.54, 1.807) is 0 Å². The molecule has 3 N–H and O–H groups in total. The summed E-state index contributed by atoms with van der Waals surface area (Å²) < 4.78 is 8.88. The van der Waals surface area contributed by atoms with Crippen LogP contribution in [0.2, 0.25) is 0 Å². The second-order valence-electron chi connectivity index (χ2n) is 0.513. The molecule has 0 aliphatic rings. The number of hydrogen-bond acceptors (Lipinski definition) is 1. The Morgan fingerprint density at radius 3 is 0.900 bits per heavy atom. The van der Waals surface area contributed by atoms with Gasteiger partial charge < -0.3 is 14.7 Å². The number of phosphoric acid groups is 1. The Bertz CT molecular complexity index is 64.6. The number of hydrogen-bond donors (Lipinski definition) is 3. The monoisotopic (exact) mass is 246 g/mol. The van der Waals surface area contributed by atoms with Crippen LogP contribution in [0.15, 0.2) is 0 Å². The Morgan fingerprint density at radius 1 is 0.900 bits per heavy atom. The maximum absolute atomic E-state index is 8.88. The van der Waals surface area contributed by atoms with Gasteiger partial charge in [-0.2, -0.15) is 9.90 Å². The summed E-state index contributed by atoms with van der Waals surface area (Å²) >= 11 is 0. The third kappa shape index (κ3) is 77.4. The quantitative estimate of drug-likeness (QED) is 0.303. The van der Waals surface area contributed by atoms with Gasteiger partial charge in [0.1, 0.15) is 0 Å². The zero-order valence-corrected chi connectivity index (χ0v) is 5.21. The molecular formula is H11CaNa3O4P2. The van der Waals surface area contributed by atoms with Crippen molar-refractivity contribution in [1.29, 1.82) is 0 Å². The van der Waals surface area contributed by atoms with Crippen molar-refractivity contribution >= 4 is 144 Å². The summed E-state index contributed by atoms with van der Waals surface area (Å²) in [5, 5.41) is 0. The summed E-state index contributed by atoms with van der Waals surface area (Å²) in [6, 6.07) is 0. The first-order chi connectivity index (χ1) is 2.00. The van der Waals surface area contributed by atoms with Crippen LogP contribution in [0.4, 0.5) is 0 Å². The second kappa shape index (κ2) is 19.4. The first-order valence-corrected chi connectivity index (χ1v) is 2.35. The van der Waals surface area contributed by atoms with Gasteiger partial charge in [0.05, 0.1) is 0 Å². The fraction of sp³-hybridized carbons (Fsp3) is 0. The molecule has 0 saturated carbocycles. The van der Waals surface area contributed by atoms with Gasteiger partial charge in [0, 0.05) is 0 Å². The van der Waals surface area contributed by atoms with Gasteiger partial charge in [0.25, 0.3) is 0 Å².